The van der Waals surface area contributed by atoms with Gasteiger partial charge in [0, 0.05) is 17.3 Å². The number of carbonyl (C=O) groups excluding carboxylic acids is 1. The molecule has 0 aliphatic heterocycles. The molecule has 7 heteroatoms. The predicted molar refractivity (Wildman–Crippen MR) is 85.1 cm³/mol. The Morgan fingerprint density at radius 2 is 1.86 bits per heavy atom. The van der Waals surface area contributed by atoms with Gasteiger partial charge in [0.15, 0.2) is 5.75 Å². The Morgan fingerprint density at radius 1 is 1.27 bits per heavy atom. The molecular formula is C15H23N3O4. The minimum atomic E-state index is -0.706. The van der Waals surface area contributed by atoms with Gasteiger partial charge >= 0.3 is 11.7 Å². The SMILES string of the molecule is CC(C)(C)CC(C)(C)NC(=O)Nc1ccc(O)c([N+](=O)[O-])c1. The van der Waals surface area contributed by atoms with Crippen molar-refractivity contribution >= 4 is 17.4 Å². The van der Waals surface area contributed by atoms with Crippen molar-refractivity contribution in [3.8, 4) is 5.75 Å². The fourth-order valence-electron chi connectivity index (χ4n) is 2.59. The molecule has 0 aromatic heterocycles. The Hall–Kier alpha value is -2.31. The van der Waals surface area contributed by atoms with Crippen LogP contribution in [0.2, 0.25) is 0 Å². The Bertz CT molecular complexity index is 577. The molecule has 0 aliphatic rings. The van der Waals surface area contributed by atoms with Crippen LogP contribution in [0.4, 0.5) is 16.2 Å². The number of benzene rings is 1. The van der Waals surface area contributed by atoms with Crippen LogP contribution in [-0.4, -0.2) is 21.6 Å². The molecule has 0 atom stereocenters. The van der Waals surface area contributed by atoms with Crippen LogP contribution in [0.25, 0.3) is 0 Å². The molecule has 0 saturated carbocycles. The summed E-state index contributed by atoms with van der Waals surface area (Å²) >= 11 is 0. The van der Waals surface area contributed by atoms with Gasteiger partial charge in [-0.15, -0.1) is 0 Å². The van der Waals surface area contributed by atoms with Crippen molar-refractivity contribution in [1.29, 1.82) is 0 Å². The molecule has 0 saturated heterocycles. The summed E-state index contributed by atoms with van der Waals surface area (Å²) in [6.45, 7) is 10.1. The number of nitro benzene ring substituents is 1. The first-order valence-electron chi connectivity index (χ1n) is 6.96. The summed E-state index contributed by atoms with van der Waals surface area (Å²) in [5.74, 6) is -0.441. The van der Waals surface area contributed by atoms with E-state index in [4.69, 9.17) is 0 Å². The lowest BCUT2D eigenvalue weighted by molar-refractivity contribution is -0.385. The van der Waals surface area contributed by atoms with E-state index in [1.54, 1.807) is 0 Å². The number of amides is 2. The fraction of sp³-hybridized carbons (Fsp3) is 0.533. The van der Waals surface area contributed by atoms with Crippen molar-refractivity contribution in [3.63, 3.8) is 0 Å². The van der Waals surface area contributed by atoms with E-state index in [-0.39, 0.29) is 11.1 Å². The summed E-state index contributed by atoms with van der Waals surface area (Å²) in [5, 5.41) is 25.5. The van der Waals surface area contributed by atoms with Gasteiger partial charge in [-0.1, -0.05) is 20.8 Å². The van der Waals surface area contributed by atoms with Crippen molar-refractivity contribution in [2.45, 2.75) is 46.6 Å². The molecule has 0 radical (unpaired) electrons. The third-order valence-corrected chi connectivity index (χ3v) is 2.85. The van der Waals surface area contributed by atoms with E-state index in [0.717, 1.165) is 12.5 Å². The third-order valence-electron chi connectivity index (χ3n) is 2.85. The highest BCUT2D eigenvalue weighted by Crippen LogP contribution is 2.29. The first-order valence-corrected chi connectivity index (χ1v) is 6.96. The molecule has 122 valence electrons. The normalized spacial score (nSPS) is 11.9. The van der Waals surface area contributed by atoms with Crippen LogP contribution < -0.4 is 10.6 Å². The number of urea groups is 1. The molecule has 0 bridgehead atoms. The largest absolute Gasteiger partial charge is 0.502 e. The second-order valence-electron chi connectivity index (χ2n) is 7.16. The lowest BCUT2D eigenvalue weighted by Crippen LogP contribution is -2.47. The quantitative estimate of drug-likeness (QED) is 0.448. The molecule has 1 aromatic carbocycles. The van der Waals surface area contributed by atoms with E-state index in [9.17, 15) is 20.0 Å². The average molecular weight is 309 g/mol. The van der Waals surface area contributed by atoms with Crippen molar-refractivity contribution in [2.75, 3.05) is 5.32 Å². The molecule has 3 N–H and O–H groups in total. The van der Waals surface area contributed by atoms with E-state index < -0.39 is 27.9 Å². The fourth-order valence-corrected chi connectivity index (χ4v) is 2.59. The van der Waals surface area contributed by atoms with Gasteiger partial charge in [0.05, 0.1) is 4.92 Å². The van der Waals surface area contributed by atoms with Crippen LogP contribution in [0, 0.1) is 15.5 Å². The van der Waals surface area contributed by atoms with Gasteiger partial charge in [0.25, 0.3) is 0 Å². The first kappa shape index (κ1) is 17.7. The van der Waals surface area contributed by atoms with E-state index in [0.29, 0.717) is 0 Å². The number of nitrogens with one attached hydrogen (secondary N) is 2. The summed E-state index contributed by atoms with van der Waals surface area (Å²) < 4.78 is 0. The topological polar surface area (TPSA) is 104 Å². The van der Waals surface area contributed by atoms with Gasteiger partial charge in [0.2, 0.25) is 0 Å². The van der Waals surface area contributed by atoms with E-state index >= 15 is 0 Å². The maximum Gasteiger partial charge on any atom is 0.319 e. The summed E-state index contributed by atoms with van der Waals surface area (Å²) in [5.41, 5.74) is -0.584. The molecule has 7 nitrogen and oxygen atoms in total. The van der Waals surface area contributed by atoms with Gasteiger partial charge in [0.1, 0.15) is 0 Å². The molecule has 0 unspecified atom stereocenters. The number of carbonyl (C=O) groups is 1. The number of nitro groups is 1. The Labute approximate surface area is 129 Å². The number of rotatable bonds is 4. The molecule has 0 heterocycles. The zero-order valence-corrected chi connectivity index (χ0v) is 13.6. The molecule has 1 rings (SSSR count). The predicted octanol–water partition coefficient (Wildman–Crippen LogP) is 3.64. The first-order chi connectivity index (χ1) is 9.89. The molecule has 22 heavy (non-hydrogen) atoms. The summed E-state index contributed by atoms with van der Waals surface area (Å²) in [6.07, 6.45) is 0.767. The highest BCUT2D eigenvalue weighted by atomic mass is 16.6. The molecule has 0 fully saturated rings. The van der Waals surface area contributed by atoms with Crippen LogP contribution in [0.3, 0.4) is 0 Å². The van der Waals surface area contributed by atoms with E-state index in [2.05, 4.69) is 31.4 Å². The van der Waals surface area contributed by atoms with Crippen LogP contribution in [0.15, 0.2) is 18.2 Å². The average Bonchev–Trinajstić information content (AvgIpc) is 2.26. The van der Waals surface area contributed by atoms with Crippen molar-refractivity contribution in [3.05, 3.63) is 28.3 Å². The highest BCUT2D eigenvalue weighted by molar-refractivity contribution is 5.90. The number of anilines is 1. The van der Waals surface area contributed by atoms with Crippen LogP contribution in [-0.2, 0) is 0 Å². The van der Waals surface area contributed by atoms with Gasteiger partial charge < -0.3 is 15.7 Å². The smallest absolute Gasteiger partial charge is 0.319 e. The maximum atomic E-state index is 12.0. The monoisotopic (exact) mass is 309 g/mol. The van der Waals surface area contributed by atoms with E-state index in [1.165, 1.54) is 12.1 Å². The zero-order chi connectivity index (χ0) is 17.1. The third kappa shape index (κ3) is 5.59. The zero-order valence-electron chi connectivity index (χ0n) is 13.6. The minimum absolute atomic E-state index is 0.0497. The minimum Gasteiger partial charge on any atom is -0.502 e. The van der Waals surface area contributed by atoms with Crippen LogP contribution in [0.5, 0.6) is 5.75 Å². The lowest BCUT2D eigenvalue weighted by Gasteiger charge is -2.33. The Morgan fingerprint density at radius 3 is 2.36 bits per heavy atom. The number of hydrogen-bond donors (Lipinski definition) is 3. The highest BCUT2D eigenvalue weighted by Gasteiger charge is 2.27. The molecule has 0 aliphatic carbocycles. The standard InChI is InChI=1S/C15H23N3O4/c1-14(2,3)9-15(4,5)17-13(20)16-10-6-7-12(19)11(8-10)18(21)22/h6-8,19H,9H2,1-5H3,(H2,16,17,20). The lowest BCUT2D eigenvalue weighted by atomic mass is 9.82. The number of phenolic OH excluding ortho intramolecular Hbond substituents is 1. The summed E-state index contributed by atoms with van der Waals surface area (Å²) in [4.78, 5) is 22.1. The number of nitrogens with zero attached hydrogens (tertiary/aromatic N) is 1. The number of aromatic hydroxyl groups is 1. The molecular weight excluding hydrogens is 286 g/mol. The van der Waals surface area contributed by atoms with Crippen molar-refractivity contribution < 1.29 is 14.8 Å². The summed E-state index contributed by atoms with van der Waals surface area (Å²) in [6, 6.07) is 3.24. The van der Waals surface area contributed by atoms with Crippen molar-refractivity contribution in [2.24, 2.45) is 5.41 Å². The van der Waals surface area contributed by atoms with Gasteiger partial charge in [-0.25, -0.2) is 4.79 Å². The second kappa shape index (κ2) is 6.21. The molecule has 1 aromatic rings. The summed E-state index contributed by atoms with van der Waals surface area (Å²) in [7, 11) is 0. The molecule has 2 amide bonds. The van der Waals surface area contributed by atoms with Gasteiger partial charge in [-0.05, 0) is 37.8 Å². The maximum absolute atomic E-state index is 12.0. The van der Waals surface area contributed by atoms with Gasteiger partial charge in [-0.2, -0.15) is 0 Å². The Kier molecular flexibility index (Phi) is 5.01. The van der Waals surface area contributed by atoms with Crippen LogP contribution >= 0.6 is 0 Å². The van der Waals surface area contributed by atoms with Crippen molar-refractivity contribution in [1.82, 2.24) is 5.32 Å². The number of hydrogen-bond acceptors (Lipinski definition) is 4. The Balaban J connectivity index is 2.77. The second-order valence-corrected chi connectivity index (χ2v) is 7.16. The number of phenols is 1. The van der Waals surface area contributed by atoms with E-state index in [1.807, 2.05) is 13.8 Å². The molecule has 0 spiro atoms. The van der Waals surface area contributed by atoms with Crippen LogP contribution in [0.1, 0.15) is 41.0 Å². The van der Waals surface area contributed by atoms with Gasteiger partial charge in [-0.3, -0.25) is 10.1 Å².